The Bertz CT molecular complexity index is 620. The van der Waals surface area contributed by atoms with Crippen LogP contribution in [0.3, 0.4) is 0 Å². The zero-order valence-corrected chi connectivity index (χ0v) is 12.8. The van der Waals surface area contributed by atoms with E-state index in [9.17, 15) is 4.79 Å². The van der Waals surface area contributed by atoms with E-state index in [1.54, 1.807) is 22.0 Å². The Morgan fingerprint density at radius 2 is 2.14 bits per heavy atom. The standard InChI is InChI=1S/C16H22N4O/c1-4-20(11-13-8-6-5-7-12(13)2)16(21)15(17)14-9-18-19(3)10-14/h5-10,15H,4,11,17H2,1-3H3. The van der Waals surface area contributed by atoms with E-state index in [1.807, 2.05) is 32.2 Å². The van der Waals surface area contributed by atoms with Crippen molar-refractivity contribution in [2.24, 2.45) is 12.8 Å². The fourth-order valence-corrected chi connectivity index (χ4v) is 2.28. The van der Waals surface area contributed by atoms with Gasteiger partial charge >= 0.3 is 0 Å². The SMILES string of the molecule is CCN(Cc1ccccc1C)C(=O)C(N)c1cnn(C)c1. The maximum absolute atomic E-state index is 12.6. The predicted octanol–water partition coefficient (Wildman–Crippen LogP) is 1.78. The lowest BCUT2D eigenvalue weighted by Crippen LogP contribution is -2.38. The first-order valence-electron chi connectivity index (χ1n) is 7.10. The van der Waals surface area contributed by atoms with Gasteiger partial charge in [-0.1, -0.05) is 24.3 Å². The van der Waals surface area contributed by atoms with Gasteiger partial charge in [0, 0.05) is 31.9 Å². The van der Waals surface area contributed by atoms with Gasteiger partial charge in [-0.3, -0.25) is 9.48 Å². The highest BCUT2D eigenvalue weighted by Crippen LogP contribution is 2.16. The zero-order chi connectivity index (χ0) is 15.4. The van der Waals surface area contributed by atoms with Gasteiger partial charge in [0.05, 0.1) is 6.20 Å². The molecule has 0 aliphatic heterocycles. The first-order chi connectivity index (χ1) is 10.0. The molecule has 1 heterocycles. The van der Waals surface area contributed by atoms with Crippen molar-refractivity contribution in [2.75, 3.05) is 6.54 Å². The largest absolute Gasteiger partial charge is 0.337 e. The molecule has 0 fully saturated rings. The van der Waals surface area contributed by atoms with Gasteiger partial charge < -0.3 is 10.6 Å². The molecule has 0 spiro atoms. The summed E-state index contributed by atoms with van der Waals surface area (Å²) in [7, 11) is 1.81. The lowest BCUT2D eigenvalue weighted by Gasteiger charge is -2.24. The third-order valence-electron chi connectivity index (χ3n) is 3.67. The summed E-state index contributed by atoms with van der Waals surface area (Å²) in [4.78, 5) is 14.3. The number of hydrogen-bond acceptors (Lipinski definition) is 3. The molecule has 0 aliphatic carbocycles. The molecule has 1 aromatic heterocycles. The van der Waals surface area contributed by atoms with Gasteiger partial charge in [-0.15, -0.1) is 0 Å². The number of aryl methyl sites for hydroxylation is 2. The summed E-state index contributed by atoms with van der Waals surface area (Å²) in [6.45, 7) is 5.22. The van der Waals surface area contributed by atoms with Gasteiger partial charge in [0.15, 0.2) is 0 Å². The second kappa shape index (κ2) is 6.54. The molecule has 112 valence electrons. The molecular formula is C16H22N4O. The quantitative estimate of drug-likeness (QED) is 0.911. The van der Waals surface area contributed by atoms with Gasteiger partial charge in [-0.2, -0.15) is 5.10 Å². The first kappa shape index (κ1) is 15.3. The number of aromatic nitrogens is 2. The first-order valence-corrected chi connectivity index (χ1v) is 7.10. The van der Waals surface area contributed by atoms with E-state index in [-0.39, 0.29) is 5.91 Å². The Balaban J connectivity index is 2.13. The molecule has 1 atom stereocenters. The molecule has 1 amide bonds. The van der Waals surface area contributed by atoms with Crippen molar-refractivity contribution in [2.45, 2.75) is 26.4 Å². The van der Waals surface area contributed by atoms with E-state index < -0.39 is 6.04 Å². The maximum atomic E-state index is 12.6. The molecule has 0 bridgehead atoms. The molecule has 21 heavy (non-hydrogen) atoms. The lowest BCUT2D eigenvalue weighted by atomic mass is 10.1. The minimum Gasteiger partial charge on any atom is -0.337 e. The van der Waals surface area contributed by atoms with E-state index in [2.05, 4.69) is 18.1 Å². The molecule has 2 rings (SSSR count). The van der Waals surface area contributed by atoms with Gasteiger partial charge in [-0.05, 0) is 25.0 Å². The second-order valence-electron chi connectivity index (χ2n) is 5.20. The topological polar surface area (TPSA) is 64.2 Å². The molecule has 2 aromatic rings. The van der Waals surface area contributed by atoms with Crippen LogP contribution < -0.4 is 5.73 Å². The molecule has 0 saturated carbocycles. The Hall–Kier alpha value is -2.14. The second-order valence-corrected chi connectivity index (χ2v) is 5.20. The van der Waals surface area contributed by atoms with Gasteiger partial charge in [0.1, 0.15) is 6.04 Å². The molecule has 2 N–H and O–H groups in total. The van der Waals surface area contributed by atoms with Crippen LogP contribution in [0.25, 0.3) is 0 Å². The van der Waals surface area contributed by atoms with E-state index >= 15 is 0 Å². The van der Waals surface area contributed by atoms with Crippen LogP contribution in [0.5, 0.6) is 0 Å². The smallest absolute Gasteiger partial charge is 0.244 e. The number of benzene rings is 1. The molecule has 5 nitrogen and oxygen atoms in total. The summed E-state index contributed by atoms with van der Waals surface area (Å²) in [6, 6.07) is 7.41. The van der Waals surface area contributed by atoms with Crippen molar-refractivity contribution in [3.05, 3.63) is 53.3 Å². The predicted molar refractivity (Wildman–Crippen MR) is 82.4 cm³/mol. The maximum Gasteiger partial charge on any atom is 0.244 e. The molecule has 5 heteroatoms. The summed E-state index contributed by atoms with van der Waals surface area (Å²) in [5.74, 6) is -0.0752. The minimum atomic E-state index is -0.664. The Kier molecular flexibility index (Phi) is 4.75. The summed E-state index contributed by atoms with van der Waals surface area (Å²) >= 11 is 0. The number of nitrogens with zero attached hydrogens (tertiary/aromatic N) is 3. The third-order valence-corrected chi connectivity index (χ3v) is 3.67. The van der Waals surface area contributed by atoms with E-state index in [4.69, 9.17) is 5.73 Å². The molecule has 1 aromatic carbocycles. The summed E-state index contributed by atoms with van der Waals surface area (Å²) in [5.41, 5.74) is 9.14. The van der Waals surface area contributed by atoms with Crippen molar-refractivity contribution >= 4 is 5.91 Å². The number of rotatable bonds is 5. The number of nitrogens with two attached hydrogens (primary N) is 1. The third kappa shape index (κ3) is 3.49. The molecule has 0 aliphatic rings. The highest BCUT2D eigenvalue weighted by Gasteiger charge is 2.23. The highest BCUT2D eigenvalue weighted by atomic mass is 16.2. The number of carbonyl (C=O) groups excluding carboxylic acids is 1. The van der Waals surface area contributed by atoms with Crippen LogP contribution in [0.1, 0.15) is 29.7 Å². The minimum absolute atomic E-state index is 0.0752. The van der Waals surface area contributed by atoms with Crippen molar-refractivity contribution < 1.29 is 4.79 Å². The monoisotopic (exact) mass is 286 g/mol. The van der Waals surface area contributed by atoms with Crippen LogP contribution >= 0.6 is 0 Å². The average Bonchev–Trinajstić information content (AvgIpc) is 2.91. The number of amides is 1. The molecule has 0 saturated heterocycles. The molecule has 1 unspecified atom stereocenters. The fraction of sp³-hybridized carbons (Fsp3) is 0.375. The van der Waals surface area contributed by atoms with Crippen LogP contribution in [0.15, 0.2) is 36.7 Å². The van der Waals surface area contributed by atoms with Crippen LogP contribution in [0, 0.1) is 6.92 Å². The fourth-order valence-electron chi connectivity index (χ4n) is 2.28. The number of carbonyl (C=O) groups is 1. The van der Waals surface area contributed by atoms with E-state index in [0.717, 1.165) is 11.1 Å². The van der Waals surface area contributed by atoms with Gasteiger partial charge in [-0.25, -0.2) is 0 Å². The zero-order valence-electron chi connectivity index (χ0n) is 12.8. The van der Waals surface area contributed by atoms with Crippen LogP contribution in [0.4, 0.5) is 0 Å². The number of hydrogen-bond donors (Lipinski definition) is 1. The van der Waals surface area contributed by atoms with Gasteiger partial charge in [0.25, 0.3) is 0 Å². The van der Waals surface area contributed by atoms with Crippen LogP contribution in [0.2, 0.25) is 0 Å². The number of likely N-dealkylation sites (N-methyl/N-ethyl adjacent to an activating group) is 1. The Morgan fingerprint density at radius 3 is 2.71 bits per heavy atom. The molecular weight excluding hydrogens is 264 g/mol. The Labute approximate surface area is 125 Å². The summed E-state index contributed by atoms with van der Waals surface area (Å²) in [6.07, 6.45) is 3.42. The summed E-state index contributed by atoms with van der Waals surface area (Å²) in [5, 5.41) is 4.07. The van der Waals surface area contributed by atoms with Gasteiger partial charge in [0.2, 0.25) is 5.91 Å². The van der Waals surface area contributed by atoms with E-state index in [1.165, 1.54) is 5.56 Å². The van der Waals surface area contributed by atoms with Crippen LogP contribution in [-0.2, 0) is 18.4 Å². The van der Waals surface area contributed by atoms with E-state index in [0.29, 0.717) is 13.1 Å². The van der Waals surface area contributed by atoms with Crippen LogP contribution in [-0.4, -0.2) is 27.1 Å². The van der Waals surface area contributed by atoms with Crippen molar-refractivity contribution in [3.63, 3.8) is 0 Å². The van der Waals surface area contributed by atoms with Crippen molar-refractivity contribution in [3.8, 4) is 0 Å². The Morgan fingerprint density at radius 1 is 1.43 bits per heavy atom. The van der Waals surface area contributed by atoms with Crippen molar-refractivity contribution in [1.82, 2.24) is 14.7 Å². The lowest BCUT2D eigenvalue weighted by molar-refractivity contribution is -0.133. The average molecular weight is 286 g/mol. The molecule has 0 radical (unpaired) electrons. The summed E-state index contributed by atoms with van der Waals surface area (Å²) < 4.78 is 1.65. The van der Waals surface area contributed by atoms with Crippen molar-refractivity contribution in [1.29, 1.82) is 0 Å². The highest BCUT2D eigenvalue weighted by molar-refractivity contribution is 5.82. The normalized spacial score (nSPS) is 12.2.